The zero-order valence-corrected chi connectivity index (χ0v) is 18.6. The van der Waals surface area contributed by atoms with Crippen molar-refractivity contribution < 1.29 is 4.79 Å². The Morgan fingerprint density at radius 2 is 1.80 bits per heavy atom. The van der Waals surface area contributed by atoms with Crippen molar-refractivity contribution in [3.63, 3.8) is 0 Å². The van der Waals surface area contributed by atoms with E-state index >= 15 is 0 Å². The van der Waals surface area contributed by atoms with Crippen LogP contribution < -0.4 is 10.2 Å². The molecule has 1 fully saturated rings. The molecule has 0 aliphatic carbocycles. The van der Waals surface area contributed by atoms with Crippen molar-refractivity contribution in [2.24, 2.45) is 0 Å². The number of piperazine rings is 1. The van der Waals surface area contributed by atoms with Crippen LogP contribution in [0, 0.1) is 13.8 Å². The molecule has 154 valence electrons. The molecule has 30 heavy (non-hydrogen) atoms. The number of hydrogen-bond acceptors (Lipinski definition) is 6. The van der Waals surface area contributed by atoms with E-state index in [1.54, 1.807) is 6.20 Å². The second-order valence-corrected chi connectivity index (χ2v) is 8.21. The van der Waals surface area contributed by atoms with E-state index in [1.807, 2.05) is 61.2 Å². The SMILES string of the molecule is Cc1ccnc(Nc2cc(N3CCN(C(=O)c4cccc(Br)c4)CC3)nc(C)n2)c1. The van der Waals surface area contributed by atoms with Crippen molar-refractivity contribution in [1.29, 1.82) is 0 Å². The third-order valence-corrected chi connectivity index (χ3v) is 5.45. The molecule has 1 aliphatic heterocycles. The Morgan fingerprint density at radius 3 is 2.53 bits per heavy atom. The molecule has 0 atom stereocenters. The first-order chi connectivity index (χ1) is 14.5. The Balaban J connectivity index is 1.44. The first kappa shape index (κ1) is 20.3. The highest BCUT2D eigenvalue weighted by molar-refractivity contribution is 9.10. The second kappa shape index (κ2) is 8.79. The molecule has 7 nitrogen and oxygen atoms in total. The van der Waals surface area contributed by atoms with Crippen LogP contribution in [-0.4, -0.2) is 51.9 Å². The van der Waals surface area contributed by atoms with Gasteiger partial charge in [0.25, 0.3) is 5.91 Å². The number of halogens is 1. The number of carbonyl (C=O) groups excluding carboxylic acids is 1. The normalized spacial score (nSPS) is 14.0. The Bertz CT molecular complexity index is 1060. The third kappa shape index (κ3) is 4.76. The van der Waals surface area contributed by atoms with Crippen molar-refractivity contribution >= 4 is 39.3 Å². The lowest BCUT2D eigenvalue weighted by atomic mass is 10.2. The number of anilines is 3. The number of amides is 1. The van der Waals surface area contributed by atoms with Gasteiger partial charge in [-0.25, -0.2) is 15.0 Å². The number of aromatic nitrogens is 3. The molecular formula is C22H23BrN6O. The molecule has 0 saturated carbocycles. The molecule has 1 N–H and O–H groups in total. The van der Waals surface area contributed by atoms with Gasteiger partial charge in [0.1, 0.15) is 23.3 Å². The molecule has 8 heteroatoms. The maximum absolute atomic E-state index is 12.8. The topological polar surface area (TPSA) is 74.2 Å². The van der Waals surface area contributed by atoms with Crippen molar-refractivity contribution in [3.8, 4) is 0 Å². The van der Waals surface area contributed by atoms with Gasteiger partial charge in [0.05, 0.1) is 0 Å². The van der Waals surface area contributed by atoms with Gasteiger partial charge in [-0.1, -0.05) is 22.0 Å². The molecule has 4 rings (SSSR count). The van der Waals surface area contributed by atoms with Crippen LogP contribution in [0.4, 0.5) is 17.5 Å². The van der Waals surface area contributed by atoms with E-state index < -0.39 is 0 Å². The molecule has 0 unspecified atom stereocenters. The highest BCUT2D eigenvalue weighted by atomic mass is 79.9. The molecule has 1 aliphatic rings. The van der Waals surface area contributed by atoms with Gasteiger partial charge in [0.15, 0.2) is 0 Å². The van der Waals surface area contributed by atoms with Crippen LogP contribution in [0.3, 0.4) is 0 Å². The standard InChI is InChI=1S/C22H23BrN6O/c1-15-6-7-24-19(12-15)27-20-14-21(26-16(2)25-20)28-8-10-29(11-9-28)22(30)17-4-3-5-18(23)13-17/h3-7,12-14H,8-11H2,1-2H3,(H,24,25,26,27). The van der Waals surface area contributed by atoms with Gasteiger partial charge >= 0.3 is 0 Å². The van der Waals surface area contributed by atoms with Crippen LogP contribution >= 0.6 is 15.9 Å². The molecule has 0 spiro atoms. The fraction of sp³-hybridized carbons (Fsp3) is 0.273. The van der Waals surface area contributed by atoms with Crippen LogP contribution in [0.1, 0.15) is 21.7 Å². The largest absolute Gasteiger partial charge is 0.353 e. The Morgan fingerprint density at radius 1 is 1.00 bits per heavy atom. The summed E-state index contributed by atoms with van der Waals surface area (Å²) in [4.78, 5) is 30.3. The molecule has 1 aromatic carbocycles. The summed E-state index contributed by atoms with van der Waals surface area (Å²) in [7, 11) is 0. The molecule has 3 heterocycles. The van der Waals surface area contributed by atoms with E-state index in [2.05, 4.69) is 41.1 Å². The number of benzene rings is 1. The van der Waals surface area contributed by atoms with Crippen LogP contribution in [0.5, 0.6) is 0 Å². The first-order valence-electron chi connectivity index (χ1n) is 9.83. The fourth-order valence-electron chi connectivity index (χ4n) is 3.46. The molecule has 0 radical (unpaired) electrons. The summed E-state index contributed by atoms with van der Waals surface area (Å²) in [5, 5.41) is 3.26. The quantitative estimate of drug-likeness (QED) is 0.627. The minimum Gasteiger partial charge on any atom is -0.353 e. The highest BCUT2D eigenvalue weighted by Gasteiger charge is 2.23. The average molecular weight is 467 g/mol. The number of nitrogens with one attached hydrogen (secondary N) is 1. The average Bonchev–Trinajstić information content (AvgIpc) is 2.73. The lowest BCUT2D eigenvalue weighted by molar-refractivity contribution is 0.0746. The van der Waals surface area contributed by atoms with E-state index in [-0.39, 0.29) is 5.91 Å². The van der Waals surface area contributed by atoms with Crippen LogP contribution in [0.15, 0.2) is 53.1 Å². The van der Waals surface area contributed by atoms with E-state index in [0.717, 1.165) is 34.8 Å². The third-order valence-electron chi connectivity index (χ3n) is 4.96. The first-order valence-corrected chi connectivity index (χ1v) is 10.6. The van der Waals surface area contributed by atoms with Gasteiger partial charge in [-0.3, -0.25) is 4.79 Å². The van der Waals surface area contributed by atoms with Gasteiger partial charge in [0, 0.05) is 48.5 Å². The fourth-order valence-corrected chi connectivity index (χ4v) is 3.86. The number of pyridine rings is 1. The number of rotatable bonds is 4. The van der Waals surface area contributed by atoms with Crippen LogP contribution in [-0.2, 0) is 0 Å². The zero-order chi connectivity index (χ0) is 21.1. The summed E-state index contributed by atoms with van der Waals surface area (Å²) in [6, 6.07) is 13.4. The molecular weight excluding hydrogens is 444 g/mol. The van der Waals surface area contributed by atoms with Crippen molar-refractivity contribution in [3.05, 3.63) is 70.1 Å². The number of nitrogens with zero attached hydrogens (tertiary/aromatic N) is 5. The maximum Gasteiger partial charge on any atom is 0.254 e. The summed E-state index contributed by atoms with van der Waals surface area (Å²) in [5.74, 6) is 3.07. The summed E-state index contributed by atoms with van der Waals surface area (Å²) in [6.07, 6.45) is 1.77. The van der Waals surface area contributed by atoms with Crippen molar-refractivity contribution in [2.45, 2.75) is 13.8 Å². The predicted molar refractivity (Wildman–Crippen MR) is 121 cm³/mol. The van der Waals surface area contributed by atoms with E-state index in [1.165, 1.54) is 0 Å². The van der Waals surface area contributed by atoms with Gasteiger partial charge in [-0.05, 0) is 49.7 Å². The van der Waals surface area contributed by atoms with Crippen molar-refractivity contribution in [1.82, 2.24) is 19.9 Å². The minimum absolute atomic E-state index is 0.0581. The van der Waals surface area contributed by atoms with E-state index in [9.17, 15) is 4.79 Å². The Kier molecular flexibility index (Phi) is 5.94. The van der Waals surface area contributed by atoms with Crippen molar-refractivity contribution in [2.75, 3.05) is 36.4 Å². The van der Waals surface area contributed by atoms with Gasteiger partial charge in [-0.15, -0.1) is 0 Å². The lowest BCUT2D eigenvalue weighted by Gasteiger charge is -2.35. The number of hydrogen-bond donors (Lipinski definition) is 1. The number of aryl methyl sites for hydroxylation is 2. The molecule has 2 aromatic heterocycles. The van der Waals surface area contributed by atoms with Gasteiger partial charge in [-0.2, -0.15) is 0 Å². The summed E-state index contributed by atoms with van der Waals surface area (Å²) >= 11 is 3.43. The highest BCUT2D eigenvalue weighted by Crippen LogP contribution is 2.21. The zero-order valence-electron chi connectivity index (χ0n) is 17.0. The summed E-state index contributed by atoms with van der Waals surface area (Å²) in [6.45, 7) is 6.65. The molecule has 3 aromatic rings. The maximum atomic E-state index is 12.8. The smallest absolute Gasteiger partial charge is 0.254 e. The predicted octanol–water partition coefficient (Wildman–Crippen LogP) is 3.96. The summed E-state index contributed by atoms with van der Waals surface area (Å²) in [5.41, 5.74) is 1.83. The monoisotopic (exact) mass is 466 g/mol. The summed E-state index contributed by atoms with van der Waals surface area (Å²) < 4.78 is 0.909. The molecule has 1 amide bonds. The molecule has 1 saturated heterocycles. The van der Waals surface area contributed by atoms with Gasteiger partial charge < -0.3 is 15.1 Å². The second-order valence-electron chi connectivity index (χ2n) is 7.29. The minimum atomic E-state index is 0.0581. The lowest BCUT2D eigenvalue weighted by Crippen LogP contribution is -2.49. The van der Waals surface area contributed by atoms with E-state index in [4.69, 9.17) is 0 Å². The van der Waals surface area contributed by atoms with E-state index in [0.29, 0.717) is 30.3 Å². The Hall–Kier alpha value is -3.00. The Labute approximate surface area is 184 Å². The number of carbonyl (C=O) groups is 1. The van der Waals surface area contributed by atoms with Crippen LogP contribution in [0.2, 0.25) is 0 Å². The van der Waals surface area contributed by atoms with Crippen LogP contribution in [0.25, 0.3) is 0 Å². The molecule has 0 bridgehead atoms. The van der Waals surface area contributed by atoms with Gasteiger partial charge in [0.2, 0.25) is 0 Å².